The Bertz CT molecular complexity index is 405. The van der Waals surface area contributed by atoms with Gasteiger partial charge in [-0.05, 0) is 59.3 Å². The minimum atomic E-state index is 0.125. The molecule has 102 valence electrons. The van der Waals surface area contributed by atoms with E-state index in [1.54, 1.807) is 0 Å². The van der Waals surface area contributed by atoms with E-state index < -0.39 is 0 Å². The van der Waals surface area contributed by atoms with E-state index in [4.69, 9.17) is 5.73 Å². The topological polar surface area (TPSA) is 38.0 Å². The molecule has 18 heavy (non-hydrogen) atoms. The van der Waals surface area contributed by atoms with Gasteiger partial charge in [-0.3, -0.25) is 0 Å². The van der Waals surface area contributed by atoms with Crippen molar-refractivity contribution in [2.75, 3.05) is 5.73 Å². The Kier molecular flexibility index (Phi) is 4.84. The number of nitrogens with two attached hydrogens (primary N) is 1. The first-order chi connectivity index (χ1) is 8.09. The smallest absolute Gasteiger partial charge is 0.0461 e. The number of anilines is 1. The summed E-state index contributed by atoms with van der Waals surface area (Å²) in [6.07, 6.45) is 1.13. The molecule has 0 aliphatic carbocycles. The average Bonchev–Trinajstić information content (AvgIpc) is 2.16. The Labute approximate surface area is 119 Å². The van der Waals surface area contributed by atoms with Gasteiger partial charge in [0.05, 0.1) is 0 Å². The monoisotopic (exact) mass is 312 g/mol. The van der Waals surface area contributed by atoms with E-state index in [2.05, 4.69) is 61.9 Å². The van der Waals surface area contributed by atoms with Gasteiger partial charge in [0.15, 0.2) is 0 Å². The van der Waals surface area contributed by atoms with Crippen LogP contribution >= 0.6 is 15.9 Å². The van der Waals surface area contributed by atoms with Gasteiger partial charge >= 0.3 is 0 Å². The van der Waals surface area contributed by atoms with Crippen LogP contribution in [0.15, 0.2) is 22.7 Å². The Hall–Kier alpha value is -0.540. The van der Waals surface area contributed by atoms with E-state index >= 15 is 0 Å². The number of hydrogen-bond acceptors (Lipinski definition) is 2. The van der Waals surface area contributed by atoms with Gasteiger partial charge in [0.2, 0.25) is 0 Å². The molecule has 0 saturated carbocycles. The first-order valence-corrected chi connectivity index (χ1v) is 7.17. The largest absolute Gasteiger partial charge is 0.398 e. The molecule has 0 fully saturated rings. The summed E-state index contributed by atoms with van der Waals surface area (Å²) in [5, 5.41) is 3.61. The summed E-state index contributed by atoms with van der Waals surface area (Å²) < 4.78 is 0.959. The van der Waals surface area contributed by atoms with Gasteiger partial charge in [-0.2, -0.15) is 0 Å². The van der Waals surface area contributed by atoms with Gasteiger partial charge in [0.25, 0.3) is 0 Å². The zero-order valence-electron chi connectivity index (χ0n) is 12.1. The first-order valence-electron chi connectivity index (χ1n) is 6.38. The lowest BCUT2D eigenvalue weighted by molar-refractivity contribution is 0.241. The molecule has 0 aromatic heterocycles. The van der Waals surface area contributed by atoms with Crippen LogP contribution in [0.5, 0.6) is 0 Å². The zero-order valence-corrected chi connectivity index (χ0v) is 13.7. The molecule has 1 rings (SSSR count). The minimum Gasteiger partial charge on any atom is -0.398 e. The SMILES string of the molecule is CC(C)(C)CC(C)(C)NCc1ccc(Br)c(N)c1. The van der Waals surface area contributed by atoms with Gasteiger partial charge in [0.1, 0.15) is 0 Å². The van der Waals surface area contributed by atoms with Gasteiger partial charge in [-0.15, -0.1) is 0 Å². The molecule has 0 amide bonds. The highest BCUT2D eigenvalue weighted by molar-refractivity contribution is 9.10. The van der Waals surface area contributed by atoms with Gasteiger partial charge in [-0.1, -0.05) is 26.8 Å². The third kappa shape index (κ3) is 5.40. The van der Waals surface area contributed by atoms with Gasteiger partial charge in [-0.25, -0.2) is 0 Å². The zero-order chi connectivity index (χ0) is 14.0. The number of halogens is 1. The molecular weight excluding hydrogens is 288 g/mol. The highest BCUT2D eigenvalue weighted by atomic mass is 79.9. The van der Waals surface area contributed by atoms with Crippen LogP contribution in [0.4, 0.5) is 5.69 Å². The second-order valence-corrected chi connectivity index (χ2v) is 7.69. The molecule has 0 heterocycles. The lowest BCUT2D eigenvalue weighted by Crippen LogP contribution is -2.41. The highest BCUT2D eigenvalue weighted by Crippen LogP contribution is 2.27. The van der Waals surface area contributed by atoms with Crippen molar-refractivity contribution < 1.29 is 0 Å². The summed E-state index contributed by atoms with van der Waals surface area (Å²) in [6.45, 7) is 12.2. The maximum Gasteiger partial charge on any atom is 0.0461 e. The summed E-state index contributed by atoms with van der Waals surface area (Å²) in [4.78, 5) is 0. The van der Waals surface area contributed by atoms with Crippen molar-refractivity contribution in [3.63, 3.8) is 0 Å². The Balaban J connectivity index is 2.61. The fourth-order valence-corrected chi connectivity index (χ4v) is 2.68. The van der Waals surface area contributed by atoms with E-state index in [0.29, 0.717) is 5.41 Å². The van der Waals surface area contributed by atoms with Crippen LogP contribution in [0.1, 0.15) is 46.6 Å². The van der Waals surface area contributed by atoms with Crippen LogP contribution in [-0.4, -0.2) is 5.54 Å². The maximum absolute atomic E-state index is 5.89. The summed E-state index contributed by atoms with van der Waals surface area (Å²) in [5.41, 5.74) is 8.36. The van der Waals surface area contributed by atoms with Crippen molar-refractivity contribution >= 4 is 21.6 Å². The molecule has 0 unspecified atom stereocenters. The van der Waals surface area contributed by atoms with Crippen LogP contribution in [0.25, 0.3) is 0 Å². The van der Waals surface area contributed by atoms with Crippen molar-refractivity contribution in [3.05, 3.63) is 28.2 Å². The molecule has 0 spiro atoms. The molecule has 0 radical (unpaired) electrons. The van der Waals surface area contributed by atoms with Crippen molar-refractivity contribution in [1.82, 2.24) is 5.32 Å². The van der Waals surface area contributed by atoms with Gasteiger partial charge in [0, 0.05) is 22.2 Å². The summed E-state index contributed by atoms with van der Waals surface area (Å²) in [6, 6.07) is 6.12. The molecule has 2 nitrogen and oxygen atoms in total. The molecule has 0 atom stereocenters. The summed E-state index contributed by atoms with van der Waals surface area (Å²) in [7, 11) is 0. The third-order valence-electron chi connectivity index (χ3n) is 2.80. The number of nitrogens with one attached hydrogen (secondary N) is 1. The summed E-state index contributed by atoms with van der Waals surface area (Å²) >= 11 is 3.41. The van der Waals surface area contributed by atoms with E-state index in [9.17, 15) is 0 Å². The first kappa shape index (κ1) is 15.5. The fourth-order valence-electron chi connectivity index (χ4n) is 2.43. The molecule has 0 aliphatic rings. The predicted molar refractivity (Wildman–Crippen MR) is 83.5 cm³/mol. The third-order valence-corrected chi connectivity index (χ3v) is 3.53. The van der Waals surface area contributed by atoms with Crippen LogP contribution in [0, 0.1) is 5.41 Å². The number of rotatable bonds is 4. The molecule has 0 bridgehead atoms. The number of hydrogen-bond donors (Lipinski definition) is 2. The average molecular weight is 313 g/mol. The molecular formula is C15H25BrN2. The molecule has 1 aromatic rings. The van der Waals surface area contributed by atoms with Crippen molar-refractivity contribution in [1.29, 1.82) is 0 Å². The molecule has 0 aliphatic heterocycles. The standard InChI is InChI=1S/C15H25BrN2/c1-14(2,3)10-15(4,5)18-9-11-6-7-12(16)13(17)8-11/h6-8,18H,9-10,17H2,1-5H3. The molecule has 1 aromatic carbocycles. The second kappa shape index (κ2) is 5.62. The molecule has 0 saturated heterocycles. The van der Waals surface area contributed by atoms with Crippen LogP contribution in [0.2, 0.25) is 0 Å². The Morgan fingerprint density at radius 3 is 2.28 bits per heavy atom. The van der Waals surface area contributed by atoms with Crippen molar-refractivity contribution in [2.24, 2.45) is 5.41 Å². The maximum atomic E-state index is 5.89. The Morgan fingerprint density at radius 1 is 1.17 bits per heavy atom. The normalized spacial score (nSPS) is 12.8. The minimum absolute atomic E-state index is 0.125. The number of benzene rings is 1. The van der Waals surface area contributed by atoms with E-state index in [1.165, 1.54) is 5.56 Å². The quantitative estimate of drug-likeness (QED) is 0.812. The van der Waals surface area contributed by atoms with Crippen molar-refractivity contribution in [3.8, 4) is 0 Å². The summed E-state index contributed by atoms with van der Waals surface area (Å²) in [5.74, 6) is 0. The fraction of sp³-hybridized carbons (Fsp3) is 0.600. The van der Waals surface area contributed by atoms with Crippen LogP contribution in [0.3, 0.4) is 0 Å². The highest BCUT2D eigenvalue weighted by Gasteiger charge is 2.24. The van der Waals surface area contributed by atoms with E-state index in [1.807, 2.05) is 12.1 Å². The lowest BCUT2D eigenvalue weighted by atomic mass is 9.82. The Morgan fingerprint density at radius 2 is 1.78 bits per heavy atom. The molecule has 3 N–H and O–H groups in total. The van der Waals surface area contributed by atoms with Gasteiger partial charge < -0.3 is 11.1 Å². The van der Waals surface area contributed by atoms with Crippen LogP contribution < -0.4 is 11.1 Å². The van der Waals surface area contributed by atoms with Crippen LogP contribution in [-0.2, 0) is 6.54 Å². The van der Waals surface area contributed by atoms with E-state index in [0.717, 1.165) is 23.1 Å². The lowest BCUT2D eigenvalue weighted by Gasteiger charge is -2.33. The van der Waals surface area contributed by atoms with E-state index in [-0.39, 0.29) is 5.54 Å². The molecule has 3 heteroatoms. The second-order valence-electron chi connectivity index (χ2n) is 6.83. The predicted octanol–water partition coefficient (Wildman–Crippen LogP) is 4.34. The number of nitrogen functional groups attached to an aromatic ring is 1. The van der Waals surface area contributed by atoms with Crippen molar-refractivity contribution in [2.45, 2.75) is 53.1 Å².